The molecule has 64 valence electrons. The van der Waals surface area contributed by atoms with Gasteiger partial charge in [-0.25, -0.2) is 0 Å². The first kappa shape index (κ1) is 10.7. The highest BCUT2D eigenvalue weighted by Crippen LogP contribution is 2.18. The molecule has 3 nitrogen and oxygen atoms in total. The van der Waals surface area contributed by atoms with Crippen LogP contribution in [0.1, 0.15) is 6.42 Å². The van der Waals surface area contributed by atoms with Crippen molar-refractivity contribution in [3.8, 4) is 0 Å². The molecule has 0 aliphatic rings. The van der Waals surface area contributed by atoms with Crippen LogP contribution in [-0.2, 0) is 12.7 Å². The molecule has 0 N–H and O–H groups in total. The van der Waals surface area contributed by atoms with E-state index in [-0.39, 0.29) is 0 Å². The van der Waals surface area contributed by atoms with Gasteiger partial charge in [-0.05, 0) is 0 Å². The molecule has 7 heteroatoms. The summed E-state index contributed by atoms with van der Waals surface area (Å²) in [6.45, 7) is 0. The van der Waals surface area contributed by atoms with Crippen LogP contribution in [-0.4, -0.2) is 17.9 Å². The van der Waals surface area contributed by atoms with Gasteiger partial charge in [0.25, 0.3) is 0 Å². The number of rotatable bonds is 2. The summed E-state index contributed by atoms with van der Waals surface area (Å²) in [5.74, 6) is -3.30. The molecule has 0 spiro atoms. The Hall–Kier alpha value is -0.340. The van der Waals surface area contributed by atoms with E-state index in [4.69, 9.17) is 0 Å². The minimum absolute atomic E-state index is 1.11. The zero-order chi connectivity index (χ0) is 9.07. The van der Waals surface area contributed by atoms with Crippen molar-refractivity contribution in [3.63, 3.8) is 0 Å². The van der Waals surface area contributed by atoms with Crippen LogP contribution in [0.3, 0.4) is 0 Å². The van der Waals surface area contributed by atoms with Crippen LogP contribution in [0.15, 0.2) is 0 Å². The predicted octanol–water partition coefficient (Wildman–Crippen LogP) is 1.40. The molecule has 0 amide bonds. The summed E-state index contributed by atoms with van der Waals surface area (Å²) in [6.07, 6.45) is -6.21. The molecule has 0 heterocycles. The maximum atomic E-state index is 11.4. The summed E-state index contributed by atoms with van der Waals surface area (Å²) in [7, 11) is 0. The Morgan fingerprint density at radius 2 is 1.82 bits per heavy atom. The van der Waals surface area contributed by atoms with E-state index in [1.165, 1.54) is 0 Å². The van der Waals surface area contributed by atoms with E-state index in [0.717, 1.165) is 23.0 Å². The zero-order valence-electron chi connectivity index (χ0n) is 4.94. The first-order valence-electron chi connectivity index (χ1n) is 2.29. The molecule has 0 rings (SSSR count). The van der Waals surface area contributed by atoms with Crippen LogP contribution in [0.2, 0.25) is 0 Å². The molecular weight excluding hydrogens is 280 g/mol. The first-order chi connectivity index (χ1) is 4.88. The molecule has 0 saturated carbocycles. The second-order valence-electron chi connectivity index (χ2n) is 1.55. The summed E-state index contributed by atoms with van der Waals surface area (Å²) in [5.41, 5.74) is 0. The molecule has 0 aromatic rings. The number of hydrogen-bond acceptors (Lipinski definition) is 3. The van der Waals surface area contributed by atoms with Gasteiger partial charge in [-0.1, -0.05) is 0 Å². The molecule has 0 aliphatic carbocycles. The lowest BCUT2D eigenvalue weighted by Crippen LogP contribution is -2.25. The number of ketones is 1. The van der Waals surface area contributed by atoms with Crippen molar-refractivity contribution < 1.29 is 25.8 Å². The molecule has 0 saturated heterocycles. The van der Waals surface area contributed by atoms with Crippen molar-refractivity contribution >= 4 is 34.8 Å². The van der Waals surface area contributed by atoms with Gasteiger partial charge in [0.1, 0.15) is 6.42 Å². The number of carbonyl (C=O) groups excluding carboxylic acids is 2. The van der Waals surface area contributed by atoms with Crippen LogP contribution < -0.4 is 0 Å². The van der Waals surface area contributed by atoms with Gasteiger partial charge in [0.05, 0.1) is 0 Å². The van der Waals surface area contributed by atoms with Crippen molar-refractivity contribution in [2.24, 2.45) is 0 Å². The van der Waals surface area contributed by atoms with Gasteiger partial charge < -0.3 is 3.07 Å². The Bertz CT molecular complexity index is 176. The SMILES string of the molecule is O=C(CC(=O)C(F)(F)F)OI. The normalized spacial score (nSPS) is 10.9. The van der Waals surface area contributed by atoms with E-state index in [9.17, 15) is 22.8 Å². The summed E-state index contributed by atoms with van der Waals surface area (Å²) < 4.78 is 38.0. The van der Waals surface area contributed by atoms with Gasteiger partial charge in [0.15, 0.2) is 23.0 Å². The van der Waals surface area contributed by atoms with Crippen LogP contribution >= 0.6 is 23.0 Å². The van der Waals surface area contributed by atoms with E-state index in [1.54, 1.807) is 0 Å². The molecule has 0 fully saturated rings. The molecule has 11 heavy (non-hydrogen) atoms. The van der Waals surface area contributed by atoms with Crippen molar-refractivity contribution in [1.82, 2.24) is 0 Å². The summed E-state index contributed by atoms with van der Waals surface area (Å²) >= 11 is 1.11. The number of hydrogen-bond donors (Lipinski definition) is 0. The monoisotopic (exact) mass is 282 g/mol. The summed E-state index contributed by atoms with van der Waals surface area (Å²) in [5, 5.41) is 0. The Balaban J connectivity index is 3.99. The second kappa shape index (κ2) is 3.88. The van der Waals surface area contributed by atoms with E-state index < -0.39 is 24.3 Å². The lowest BCUT2D eigenvalue weighted by atomic mass is 10.3. The second-order valence-corrected chi connectivity index (χ2v) is 1.99. The van der Waals surface area contributed by atoms with Crippen LogP contribution in [0.4, 0.5) is 13.2 Å². The zero-order valence-corrected chi connectivity index (χ0v) is 7.10. The highest BCUT2D eigenvalue weighted by Gasteiger charge is 2.39. The molecular formula is C4H2F3IO3. The minimum atomic E-state index is -4.95. The number of halogens is 4. The average molecular weight is 282 g/mol. The van der Waals surface area contributed by atoms with Crippen LogP contribution in [0.5, 0.6) is 0 Å². The number of alkyl halides is 3. The van der Waals surface area contributed by atoms with Gasteiger partial charge in [0, 0.05) is 0 Å². The smallest absolute Gasteiger partial charge is 0.394 e. The van der Waals surface area contributed by atoms with Gasteiger partial charge in [-0.2, -0.15) is 13.2 Å². The number of Topliss-reactive ketones (excluding diaryl/α,β-unsaturated/α-hetero) is 1. The van der Waals surface area contributed by atoms with Gasteiger partial charge in [0.2, 0.25) is 5.78 Å². The Kier molecular flexibility index (Phi) is 3.76. The van der Waals surface area contributed by atoms with E-state index >= 15 is 0 Å². The molecule has 0 aromatic carbocycles. The van der Waals surface area contributed by atoms with Crippen molar-refractivity contribution in [3.05, 3.63) is 0 Å². The lowest BCUT2D eigenvalue weighted by Gasteiger charge is -2.01. The van der Waals surface area contributed by atoms with E-state index in [2.05, 4.69) is 3.07 Å². The lowest BCUT2D eigenvalue weighted by molar-refractivity contribution is -0.173. The first-order valence-corrected chi connectivity index (χ1v) is 3.17. The molecule has 0 aromatic heterocycles. The third kappa shape index (κ3) is 4.17. The average Bonchev–Trinajstić information content (AvgIpc) is 1.85. The predicted molar refractivity (Wildman–Crippen MR) is 35.8 cm³/mol. The fourth-order valence-electron chi connectivity index (χ4n) is 0.259. The maximum Gasteiger partial charge on any atom is 0.450 e. The Morgan fingerprint density at radius 3 is 2.09 bits per heavy atom. The quantitative estimate of drug-likeness (QED) is 0.568. The standard InChI is InChI=1S/C4H2F3IO3/c5-4(6,7)2(9)1-3(10)11-8/h1H2. The fraction of sp³-hybridized carbons (Fsp3) is 0.500. The third-order valence-electron chi connectivity index (χ3n) is 0.707. The van der Waals surface area contributed by atoms with Gasteiger partial charge in [-0.3, -0.25) is 9.59 Å². The van der Waals surface area contributed by atoms with Crippen molar-refractivity contribution in [2.75, 3.05) is 0 Å². The minimum Gasteiger partial charge on any atom is -0.394 e. The highest BCUT2D eigenvalue weighted by atomic mass is 127. The molecule has 0 aliphatic heterocycles. The van der Waals surface area contributed by atoms with E-state index in [0.29, 0.717) is 0 Å². The van der Waals surface area contributed by atoms with Crippen LogP contribution in [0, 0.1) is 0 Å². The van der Waals surface area contributed by atoms with E-state index in [1.807, 2.05) is 0 Å². The summed E-state index contributed by atoms with van der Waals surface area (Å²) in [4.78, 5) is 20.1. The highest BCUT2D eigenvalue weighted by molar-refractivity contribution is 14.1. The molecule has 0 atom stereocenters. The van der Waals surface area contributed by atoms with Gasteiger partial charge >= 0.3 is 12.1 Å². The topological polar surface area (TPSA) is 43.4 Å². The third-order valence-corrected chi connectivity index (χ3v) is 1.20. The molecule has 0 bridgehead atoms. The molecule has 0 radical (unpaired) electrons. The van der Waals surface area contributed by atoms with Crippen LogP contribution in [0.25, 0.3) is 0 Å². The van der Waals surface area contributed by atoms with Crippen molar-refractivity contribution in [2.45, 2.75) is 12.6 Å². The largest absolute Gasteiger partial charge is 0.450 e. The maximum absolute atomic E-state index is 11.4. The fourth-order valence-corrected chi connectivity index (χ4v) is 0.414. The Morgan fingerprint density at radius 1 is 1.36 bits per heavy atom. The molecule has 0 unspecified atom stereocenters. The van der Waals surface area contributed by atoms with Gasteiger partial charge in [-0.15, -0.1) is 0 Å². The number of carbonyl (C=O) groups is 2. The Labute approximate surface area is 73.6 Å². The van der Waals surface area contributed by atoms with Crippen molar-refractivity contribution in [1.29, 1.82) is 0 Å². The summed E-state index contributed by atoms with van der Waals surface area (Å²) in [6, 6.07) is 0.